The average Bonchev–Trinajstić information content (AvgIpc) is 3.26. The van der Waals surface area contributed by atoms with Gasteiger partial charge in [-0.1, -0.05) is 43.3 Å². The zero-order valence-corrected chi connectivity index (χ0v) is 17.2. The number of likely N-dealkylation sites (N-methyl/N-ethyl adjacent to an activating group) is 1. The third kappa shape index (κ3) is 5.92. The molecule has 2 unspecified atom stereocenters. The molecule has 0 saturated heterocycles. The minimum absolute atomic E-state index is 0.216. The minimum atomic E-state index is -0.721. The van der Waals surface area contributed by atoms with Crippen LogP contribution in [0.2, 0.25) is 0 Å². The fraction of sp³-hybridized carbons (Fsp3) is 0.381. The van der Waals surface area contributed by atoms with Crippen LogP contribution in [0.25, 0.3) is 0 Å². The van der Waals surface area contributed by atoms with E-state index in [0.717, 1.165) is 5.56 Å². The third-order valence-corrected chi connectivity index (χ3v) is 5.29. The van der Waals surface area contributed by atoms with Gasteiger partial charge in [0.15, 0.2) is 0 Å². The van der Waals surface area contributed by atoms with Crippen molar-refractivity contribution in [2.24, 2.45) is 5.92 Å². The van der Waals surface area contributed by atoms with E-state index in [1.54, 1.807) is 24.0 Å². The Morgan fingerprint density at radius 3 is 2.43 bits per heavy atom. The summed E-state index contributed by atoms with van der Waals surface area (Å²) in [6.07, 6.45) is 0.375. The second-order valence-electron chi connectivity index (χ2n) is 6.49. The Morgan fingerprint density at radius 1 is 1.14 bits per heavy atom. The lowest BCUT2D eigenvalue weighted by Gasteiger charge is -2.28. The smallest absolute Gasteiger partial charge is 0.310 e. The van der Waals surface area contributed by atoms with Gasteiger partial charge >= 0.3 is 5.97 Å². The van der Waals surface area contributed by atoms with E-state index in [9.17, 15) is 14.4 Å². The Labute approximate surface area is 169 Å². The Balaban J connectivity index is 2.18. The summed E-state index contributed by atoms with van der Waals surface area (Å²) in [6, 6.07) is 12.3. The molecule has 1 N–H and O–H groups in total. The molecule has 0 aliphatic heterocycles. The third-order valence-electron chi connectivity index (χ3n) is 4.42. The molecule has 0 radical (unpaired) electrons. The standard InChI is InChI=1S/C21H26N2O4S/c1-4-23(14-15(2)21(26)27-3)20(25)17(13-16-9-6-5-7-10-16)22-19(24)18-11-8-12-28-18/h5-12,15,17H,4,13-14H2,1-3H3,(H,22,24). The molecule has 0 aliphatic carbocycles. The minimum Gasteiger partial charge on any atom is -0.469 e. The highest BCUT2D eigenvalue weighted by molar-refractivity contribution is 7.12. The number of thiophene rings is 1. The number of hydrogen-bond donors (Lipinski definition) is 1. The summed E-state index contributed by atoms with van der Waals surface area (Å²) in [5.74, 6) is -1.30. The summed E-state index contributed by atoms with van der Waals surface area (Å²) in [5.41, 5.74) is 0.949. The second-order valence-corrected chi connectivity index (χ2v) is 7.44. The molecule has 2 aromatic rings. The van der Waals surface area contributed by atoms with Gasteiger partial charge in [-0.15, -0.1) is 11.3 Å². The van der Waals surface area contributed by atoms with E-state index in [1.807, 2.05) is 42.6 Å². The molecule has 1 aromatic carbocycles. The second kappa shape index (κ2) is 10.6. The molecule has 2 atom stereocenters. The summed E-state index contributed by atoms with van der Waals surface area (Å²) in [6.45, 7) is 4.24. The molecule has 28 heavy (non-hydrogen) atoms. The van der Waals surface area contributed by atoms with Gasteiger partial charge in [0.2, 0.25) is 5.91 Å². The number of esters is 1. The van der Waals surface area contributed by atoms with Crippen molar-refractivity contribution in [2.45, 2.75) is 26.3 Å². The number of benzene rings is 1. The Kier molecular flexibility index (Phi) is 8.19. The number of carbonyl (C=O) groups excluding carboxylic acids is 3. The molecule has 6 nitrogen and oxygen atoms in total. The molecule has 0 aliphatic rings. The van der Waals surface area contributed by atoms with Crippen LogP contribution in [0.4, 0.5) is 0 Å². The van der Waals surface area contributed by atoms with Crippen LogP contribution in [0, 0.1) is 5.92 Å². The van der Waals surface area contributed by atoms with Crippen LogP contribution in [-0.2, 0) is 20.7 Å². The van der Waals surface area contributed by atoms with Gasteiger partial charge in [0.1, 0.15) is 6.04 Å². The first-order valence-corrected chi connectivity index (χ1v) is 10.1. The molecule has 1 aromatic heterocycles. The fourth-order valence-corrected chi connectivity index (χ4v) is 3.52. The fourth-order valence-electron chi connectivity index (χ4n) is 2.89. The van der Waals surface area contributed by atoms with Crippen molar-refractivity contribution in [3.05, 3.63) is 58.3 Å². The van der Waals surface area contributed by atoms with Crippen molar-refractivity contribution in [2.75, 3.05) is 20.2 Å². The first-order valence-electron chi connectivity index (χ1n) is 9.21. The molecule has 2 amide bonds. The van der Waals surface area contributed by atoms with E-state index in [0.29, 0.717) is 17.8 Å². The Morgan fingerprint density at radius 2 is 1.86 bits per heavy atom. The Hall–Kier alpha value is -2.67. The van der Waals surface area contributed by atoms with Crippen LogP contribution in [-0.4, -0.2) is 48.9 Å². The maximum absolute atomic E-state index is 13.2. The number of amides is 2. The van der Waals surface area contributed by atoms with Gasteiger partial charge in [0.05, 0.1) is 17.9 Å². The van der Waals surface area contributed by atoms with Crippen molar-refractivity contribution in [3.8, 4) is 0 Å². The first kappa shape index (κ1) is 21.6. The lowest BCUT2D eigenvalue weighted by atomic mass is 10.0. The number of nitrogens with zero attached hydrogens (tertiary/aromatic N) is 1. The first-order chi connectivity index (χ1) is 13.5. The van der Waals surface area contributed by atoms with Crippen molar-refractivity contribution >= 4 is 29.1 Å². The van der Waals surface area contributed by atoms with E-state index in [1.165, 1.54) is 18.4 Å². The SMILES string of the molecule is CCN(CC(C)C(=O)OC)C(=O)C(Cc1ccccc1)NC(=O)c1cccs1. The van der Waals surface area contributed by atoms with E-state index < -0.39 is 12.0 Å². The molecule has 0 saturated carbocycles. The molecule has 0 fully saturated rings. The van der Waals surface area contributed by atoms with Gasteiger partial charge < -0.3 is 15.0 Å². The van der Waals surface area contributed by atoms with Gasteiger partial charge in [-0.25, -0.2) is 0 Å². The number of rotatable bonds is 9. The molecule has 150 valence electrons. The normalized spacial score (nSPS) is 12.7. The number of methoxy groups -OCH3 is 1. The zero-order valence-electron chi connectivity index (χ0n) is 16.4. The van der Waals surface area contributed by atoms with Crippen molar-refractivity contribution in [1.82, 2.24) is 10.2 Å². The lowest BCUT2D eigenvalue weighted by molar-refractivity contribution is -0.146. The predicted molar refractivity (Wildman–Crippen MR) is 109 cm³/mol. The summed E-state index contributed by atoms with van der Waals surface area (Å²) in [5, 5.41) is 4.68. The van der Waals surface area contributed by atoms with Crippen molar-refractivity contribution in [3.63, 3.8) is 0 Å². The van der Waals surface area contributed by atoms with Crippen LogP contribution >= 0.6 is 11.3 Å². The topological polar surface area (TPSA) is 75.7 Å². The van der Waals surface area contributed by atoms with Gasteiger partial charge in [-0.3, -0.25) is 14.4 Å². The largest absolute Gasteiger partial charge is 0.469 e. The Bertz CT molecular complexity index is 777. The summed E-state index contributed by atoms with van der Waals surface area (Å²) < 4.78 is 4.76. The number of ether oxygens (including phenoxy) is 1. The van der Waals surface area contributed by atoms with E-state index in [4.69, 9.17) is 4.74 Å². The molecular weight excluding hydrogens is 376 g/mol. The average molecular weight is 403 g/mol. The molecule has 2 rings (SSSR count). The molecule has 0 spiro atoms. The molecular formula is C21H26N2O4S. The van der Waals surface area contributed by atoms with E-state index in [-0.39, 0.29) is 24.3 Å². The van der Waals surface area contributed by atoms with Crippen LogP contribution in [0.1, 0.15) is 29.1 Å². The highest BCUT2D eigenvalue weighted by atomic mass is 32.1. The highest BCUT2D eigenvalue weighted by Gasteiger charge is 2.28. The quantitative estimate of drug-likeness (QED) is 0.655. The lowest BCUT2D eigenvalue weighted by Crippen LogP contribution is -2.51. The van der Waals surface area contributed by atoms with E-state index in [2.05, 4.69) is 5.32 Å². The van der Waals surface area contributed by atoms with Gasteiger partial charge in [0.25, 0.3) is 5.91 Å². The monoisotopic (exact) mass is 402 g/mol. The summed E-state index contributed by atoms with van der Waals surface area (Å²) in [7, 11) is 1.33. The van der Waals surface area contributed by atoms with Crippen molar-refractivity contribution in [1.29, 1.82) is 0 Å². The van der Waals surface area contributed by atoms with Gasteiger partial charge in [-0.05, 0) is 23.9 Å². The van der Waals surface area contributed by atoms with Crippen LogP contribution < -0.4 is 5.32 Å². The summed E-state index contributed by atoms with van der Waals surface area (Å²) in [4.78, 5) is 39.6. The molecule has 7 heteroatoms. The summed E-state index contributed by atoms with van der Waals surface area (Å²) >= 11 is 1.32. The highest BCUT2D eigenvalue weighted by Crippen LogP contribution is 2.12. The predicted octanol–water partition coefficient (Wildman–Crippen LogP) is 2.75. The number of hydrogen-bond acceptors (Lipinski definition) is 5. The van der Waals surface area contributed by atoms with E-state index >= 15 is 0 Å². The molecule has 0 bridgehead atoms. The number of carbonyl (C=O) groups is 3. The maximum Gasteiger partial charge on any atom is 0.310 e. The van der Waals surface area contributed by atoms with Gasteiger partial charge in [0, 0.05) is 19.5 Å². The van der Waals surface area contributed by atoms with Gasteiger partial charge in [-0.2, -0.15) is 0 Å². The van der Waals surface area contributed by atoms with Crippen LogP contribution in [0.3, 0.4) is 0 Å². The number of nitrogens with one attached hydrogen (secondary N) is 1. The van der Waals surface area contributed by atoms with Crippen LogP contribution in [0.15, 0.2) is 47.8 Å². The maximum atomic E-state index is 13.2. The zero-order chi connectivity index (χ0) is 20.5. The van der Waals surface area contributed by atoms with Crippen LogP contribution in [0.5, 0.6) is 0 Å². The molecule has 1 heterocycles. The van der Waals surface area contributed by atoms with Crippen molar-refractivity contribution < 1.29 is 19.1 Å².